The zero-order valence-corrected chi connectivity index (χ0v) is 13.0. The lowest BCUT2D eigenvalue weighted by atomic mass is 10.1. The van der Waals surface area contributed by atoms with Crippen molar-refractivity contribution in [2.75, 3.05) is 13.7 Å². The van der Waals surface area contributed by atoms with Crippen molar-refractivity contribution in [3.63, 3.8) is 0 Å². The highest BCUT2D eigenvalue weighted by Crippen LogP contribution is 2.19. The van der Waals surface area contributed by atoms with Crippen LogP contribution in [0.1, 0.15) is 30.6 Å². The summed E-state index contributed by atoms with van der Waals surface area (Å²) >= 11 is 0. The number of benzene rings is 2. The molecule has 0 fully saturated rings. The molecule has 2 aromatic rings. The van der Waals surface area contributed by atoms with Crippen LogP contribution in [-0.2, 0) is 11.2 Å². The van der Waals surface area contributed by atoms with Crippen molar-refractivity contribution in [1.29, 1.82) is 0 Å². The number of nitrogens with one attached hydrogen (secondary N) is 1. The number of ether oxygens (including phenoxy) is 1. The third-order valence-electron chi connectivity index (χ3n) is 3.74. The van der Waals surface area contributed by atoms with Crippen LogP contribution in [-0.4, -0.2) is 19.7 Å². The van der Waals surface area contributed by atoms with E-state index < -0.39 is 0 Å². The Labute approximate surface area is 128 Å². The van der Waals surface area contributed by atoms with Crippen LogP contribution < -0.4 is 5.32 Å². The fourth-order valence-corrected chi connectivity index (χ4v) is 2.59. The Morgan fingerprint density at radius 2 is 1.57 bits per heavy atom. The summed E-state index contributed by atoms with van der Waals surface area (Å²) in [5.74, 6) is 0. The monoisotopic (exact) mass is 283 g/mol. The Kier molecular flexibility index (Phi) is 6.45. The van der Waals surface area contributed by atoms with Crippen molar-refractivity contribution in [2.45, 2.75) is 31.9 Å². The highest BCUT2D eigenvalue weighted by atomic mass is 16.5. The predicted octanol–water partition coefficient (Wildman–Crippen LogP) is 3.99. The maximum Gasteiger partial charge on any atom is 0.0833 e. The summed E-state index contributed by atoms with van der Waals surface area (Å²) in [7, 11) is 1.78. The van der Waals surface area contributed by atoms with Gasteiger partial charge in [-0.3, -0.25) is 0 Å². The summed E-state index contributed by atoms with van der Waals surface area (Å²) in [6.07, 6.45) is 2.21. The van der Waals surface area contributed by atoms with E-state index in [2.05, 4.69) is 66.8 Å². The van der Waals surface area contributed by atoms with Crippen LogP contribution in [0.5, 0.6) is 0 Å². The number of hydrogen-bond donors (Lipinski definition) is 1. The van der Waals surface area contributed by atoms with E-state index in [1.54, 1.807) is 7.11 Å². The fraction of sp³-hybridized carbons (Fsp3) is 0.368. The van der Waals surface area contributed by atoms with E-state index in [-0.39, 0.29) is 6.10 Å². The van der Waals surface area contributed by atoms with Crippen LogP contribution in [0, 0.1) is 0 Å². The molecule has 0 radical (unpaired) electrons. The summed E-state index contributed by atoms with van der Waals surface area (Å²) in [4.78, 5) is 0. The van der Waals surface area contributed by atoms with E-state index in [4.69, 9.17) is 4.74 Å². The zero-order chi connectivity index (χ0) is 14.9. The Hall–Kier alpha value is -1.64. The minimum Gasteiger partial charge on any atom is -0.377 e. The average Bonchev–Trinajstić information content (AvgIpc) is 2.53. The average molecular weight is 283 g/mol. The number of hydrogen-bond acceptors (Lipinski definition) is 2. The lowest BCUT2D eigenvalue weighted by molar-refractivity contribution is 0.0950. The minimum atomic E-state index is 0.169. The van der Waals surface area contributed by atoms with Crippen molar-refractivity contribution in [1.82, 2.24) is 5.32 Å². The van der Waals surface area contributed by atoms with Crippen molar-refractivity contribution in [2.24, 2.45) is 0 Å². The van der Waals surface area contributed by atoms with E-state index in [1.165, 1.54) is 11.1 Å². The first-order valence-corrected chi connectivity index (χ1v) is 7.64. The van der Waals surface area contributed by atoms with Crippen molar-refractivity contribution in [3.05, 3.63) is 71.8 Å². The molecule has 0 aliphatic carbocycles. The third-order valence-corrected chi connectivity index (χ3v) is 3.74. The number of methoxy groups -OCH3 is 1. The van der Waals surface area contributed by atoms with Gasteiger partial charge < -0.3 is 10.1 Å². The minimum absolute atomic E-state index is 0.169. The van der Waals surface area contributed by atoms with E-state index in [9.17, 15) is 0 Å². The molecule has 2 aromatic carbocycles. The van der Waals surface area contributed by atoms with Gasteiger partial charge in [-0.1, -0.05) is 60.7 Å². The first-order valence-electron chi connectivity index (χ1n) is 7.64. The van der Waals surface area contributed by atoms with Gasteiger partial charge in [-0.05, 0) is 37.4 Å². The molecule has 0 aliphatic heterocycles. The molecule has 0 spiro atoms. The maximum atomic E-state index is 5.60. The predicted molar refractivity (Wildman–Crippen MR) is 88.4 cm³/mol. The van der Waals surface area contributed by atoms with Gasteiger partial charge in [-0.15, -0.1) is 0 Å². The Bertz CT molecular complexity index is 497. The SMILES string of the molecule is COC(CCNC(C)Cc1ccccc1)c1ccccc1. The summed E-state index contributed by atoms with van der Waals surface area (Å²) < 4.78 is 5.60. The molecular formula is C19H25NO. The van der Waals surface area contributed by atoms with Gasteiger partial charge in [0, 0.05) is 13.2 Å². The van der Waals surface area contributed by atoms with Gasteiger partial charge in [-0.2, -0.15) is 0 Å². The summed E-state index contributed by atoms with van der Waals surface area (Å²) in [5, 5.41) is 3.59. The Morgan fingerprint density at radius 3 is 2.19 bits per heavy atom. The topological polar surface area (TPSA) is 21.3 Å². The normalized spacial score (nSPS) is 13.8. The maximum absolute atomic E-state index is 5.60. The van der Waals surface area contributed by atoms with Gasteiger partial charge >= 0.3 is 0 Å². The van der Waals surface area contributed by atoms with Crippen LogP contribution >= 0.6 is 0 Å². The van der Waals surface area contributed by atoms with Gasteiger partial charge in [-0.25, -0.2) is 0 Å². The van der Waals surface area contributed by atoms with Gasteiger partial charge in [0.05, 0.1) is 6.10 Å². The molecule has 2 heteroatoms. The highest BCUT2D eigenvalue weighted by Gasteiger charge is 2.10. The number of rotatable bonds is 8. The molecule has 0 saturated heterocycles. The summed E-state index contributed by atoms with van der Waals surface area (Å²) in [6.45, 7) is 3.19. The van der Waals surface area contributed by atoms with Gasteiger partial charge in [0.1, 0.15) is 0 Å². The molecule has 0 saturated carbocycles. The summed E-state index contributed by atoms with van der Waals surface area (Å²) in [6, 6.07) is 21.5. The molecule has 21 heavy (non-hydrogen) atoms. The molecule has 0 bridgehead atoms. The largest absolute Gasteiger partial charge is 0.377 e. The van der Waals surface area contributed by atoms with Crippen molar-refractivity contribution >= 4 is 0 Å². The molecule has 0 aliphatic rings. The van der Waals surface area contributed by atoms with Crippen LogP contribution in [0.2, 0.25) is 0 Å². The molecule has 1 N–H and O–H groups in total. The quantitative estimate of drug-likeness (QED) is 0.791. The second-order valence-corrected chi connectivity index (χ2v) is 5.47. The van der Waals surface area contributed by atoms with Gasteiger partial charge in [0.25, 0.3) is 0 Å². The molecule has 2 rings (SSSR count). The van der Waals surface area contributed by atoms with E-state index in [0.29, 0.717) is 6.04 Å². The van der Waals surface area contributed by atoms with Crippen molar-refractivity contribution < 1.29 is 4.74 Å². The van der Waals surface area contributed by atoms with Crippen LogP contribution in [0.25, 0.3) is 0 Å². The molecule has 0 aromatic heterocycles. The van der Waals surface area contributed by atoms with Crippen molar-refractivity contribution in [3.8, 4) is 0 Å². The second-order valence-electron chi connectivity index (χ2n) is 5.47. The first-order chi connectivity index (χ1) is 10.3. The highest BCUT2D eigenvalue weighted by molar-refractivity contribution is 5.18. The molecule has 0 amide bonds. The van der Waals surface area contributed by atoms with Crippen LogP contribution in [0.15, 0.2) is 60.7 Å². The van der Waals surface area contributed by atoms with E-state index in [0.717, 1.165) is 19.4 Å². The zero-order valence-electron chi connectivity index (χ0n) is 13.0. The molecule has 2 atom stereocenters. The molecule has 112 valence electrons. The Morgan fingerprint density at radius 1 is 0.952 bits per heavy atom. The van der Waals surface area contributed by atoms with Gasteiger partial charge in [0.2, 0.25) is 0 Å². The summed E-state index contributed by atoms with van der Waals surface area (Å²) in [5.41, 5.74) is 2.63. The molecule has 0 heterocycles. The lowest BCUT2D eigenvalue weighted by Gasteiger charge is -2.18. The smallest absolute Gasteiger partial charge is 0.0833 e. The molecule has 2 unspecified atom stereocenters. The van der Waals surface area contributed by atoms with Crippen LogP contribution in [0.4, 0.5) is 0 Å². The second kappa shape index (κ2) is 8.60. The fourth-order valence-electron chi connectivity index (χ4n) is 2.59. The molecule has 2 nitrogen and oxygen atoms in total. The van der Waals surface area contributed by atoms with E-state index in [1.807, 2.05) is 6.07 Å². The standard InChI is InChI=1S/C19H25NO/c1-16(15-17-9-5-3-6-10-17)20-14-13-19(21-2)18-11-7-4-8-12-18/h3-12,16,19-20H,13-15H2,1-2H3. The lowest BCUT2D eigenvalue weighted by Crippen LogP contribution is -2.30. The van der Waals surface area contributed by atoms with Crippen LogP contribution in [0.3, 0.4) is 0 Å². The third kappa shape index (κ3) is 5.33. The molecular weight excluding hydrogens is 258 g/mol. The Balaban J connectivity index is 1.75. The van der Waals surface area contributed by atoms with Gasteiger partial charge in [0.15, 0.2) is 0 Å². The first kappa shape index (κ1) is 15.7. The van der Waals surface area contributed by atoms with E-state index >= 15 is 0 Å².